The van der Waals surface area contributed by atoms with Crippen LogP contribution in [0.1, 0.15) is 77.7 Å². The summed E-state index contributed by atoms with van der Waals surface area (Å²) in [5, 5.41) is 9.97. The maximum Gasteiger partial charge on any atom is 0.312 e. The molecule has 0 aromatic heterocycles. The van der Waals surface area contributed by atoms with Gasteiger partial charge in [0.2, 0.25) is 0 Å². The number of hydrogen-bond donors (Lipinski definition) is 0. The summed E-state index contributed by atoms with van der Waals surface area (Å²) in [6.07, 6.45) is 2.92. The Labute approximate surface area is 241 Å². The monoisotopic (exact) mass is 580 g/mol. The first-order valence-electron chi connectivity index (χ1n) is 14.2. The number of rotatable bonds is 19. The van der Waals surface area contributed by atoms with E-state index in [4.69, 9.17) is 9.47 Å². The highest BCUT2D eigenvalue weighted by atomic mass is 32.2. The van der Waals surface area contributed by atoms with Crippen LogP contribution in [-0.4, -0.2) is 75.5 Å². The molecule has 1 rings (SSSR count). The summed E-state index contributed by atoms with van der Waals surface area (Å²) in [7, 11) is -0.502. The van der Waals surface area contributed by atoms with Gasteiger partial charge in [0.15, 0.2) is 0 Å². The molecule has 40 heavy (non-hydrogen) atoms. The molecule has 4 atom stereocenters. The van der Waals surface area contributed by atoms with Crippen molar-refractivity contribution in [2.75, 3.05) is 46.2 Å². The summed E-state index contributed by atoms with van der Waals surface area (Å²) in [6, 6.07) is 12.1. The summed E-state index contributed by atoms with van der Waals surface area (Å²) in [6.45, 7) is 8.99. The van der Waals surface area contributed by atoms with Crippen LogP contribution in [0.2, 0.25) is 0 Å². The van der Waals surface area contributed by atoms with Crippen LogP contribution < -0.4 is 0 Å². The predicted molar refractivity (Wildman–Crippen MR) is 153 cm³/mol. The minimum atomic E-state index is -4.27. The van der Waals surface area contributed by atoms with Gasteiger partial charge in [0.25, 0.3) is 0 Å². The van der Waals surface area contributed by atoms with Crippen molar-refractivity contribution in [2.45, 2.75) is 72.1 Å². The number of nitrogens with zero attached hydrogens (tertiary/aromatic N) is 2. The first-order valence-corrected chi connectivity index (χ1v) is 15.7. The Morgan fingerprint density at radius 3 is 2.27 bits per heavy atom. The van der Waals surface area contributed by atoms with Crippen molar-refractivity contribution in [1.82, 2.24) is 0 Å². The van der Waals surface area contributed by atoms with Gasteiger partial charge in [-0.1, -0.05) is 57.5 Å². The quantitative estimate of drug-likeness (QED) is 0.1000. The second-order valence-corrected chi connectivity index (χ2v) is 13.4. The average Bonchev–Trinajstić information content (AvgIpc) is 2.87. The van der Waals surface area contributed by atoms with Crippen LogP contribution in [0, 0.1) is 28.6 Å². The average molecular weight is 581 g/mol. The van der Waals surface area contributed by atoms with Crippen LogP contribution in [0.4, 0.5) is 0 Å². The van der Waals surface area contributed by atoms with Gasteiger partial charge in [-0.15, -0.1) is 0 Å². The topological polar surface area (TPSA) is 134 Å². The fraction of sp³-hybridized carbons (Fsp3) is 0.700. The molecule has 10 heteroatoms. The third-order valence-electron chi connectivity index (χ3n) is 7.37. The molecule has 0 aliphatic rings. The fourth-order valence-electron chi connectivity index (χ4n) is 4.87. The second-order valence-electron chi connectivity index (χ2n) is 11.9. The molecule has 0 amide bonds. The number of carbonyl (C=O) groups is 2. The van der Waals surface area contributed by atoms with Crippen LogP contribution in [0.3, 0.4) is 0 Å². The SMILES string of the molecule is CCCCOC(=O)C(C)CC(C#N)CC(C)(CC(C)c1ccccc1)C(=O)OCC[N+](C)(C)CCCS(=O)(=O)[O-]. The van der Waals surface area contributed by atoms with E-state index in [1.165, 1.54) is 0 Å². The van der Waals surface area contributed by atoms with E-state index in [1.807, 2.05) is 65.2 Å². The molecule has 1 aromatic carbocycles. The highest BCUT2D eigenvalue weighted by Gasteiger charge is 2.40. The van der Waals surface area contributed by atoms with Gasteiger partial charge in [-0.2, -0.15) is 5.26 Å². The Hall–Kier alpha value is -2.48. The van der Waals surface area contributed by atoms with Crippen LogP contribution >= 0.6 is 0 Å². The molecule has 226 valence electrons. The van der Waals surface area contributed by atoms with E-state index in [-0.39, 0.29) is 37.8 Å². The molecule has 0 spiro atoms. The van der Waals surface area contributed by atoms with Gasteiger partial charge in [-0.05, 0) is 44.1 Å². The van der Waals surface area contributed by atoms with E-state index in [0.29, 0.717) is 30.6 Å². The van der Waals surface area contributed by atoms with Gasteiger partial charge in [0, 0.05) is 18.1 Å². The van der Waals surface area contributed by atoms with Crippen LogP contribution in [0.15, 0.2) is 30.3 Å². The van der Waals surface area contributed by atoms with Crippen molar-refractivity contribution in [3.63, 3.8) is 0 Å². The van der Waals surface area contributed by atoms with Crippen molar-refractivity contribution in [3.05, 3.63) is 35.9 Å². The maximum atomic E-state index is 13.6. The number of nitriles is 1. The largest absolute Gasteiger partial charge is 0.748 e. The number of carbonyl (C=O) groups excluding carboxylic acids is 2. The van der Waals surface area contributed by atoms with Crippen LogP contribution in [0.25, 0.3) is 0 Å². The molecule has 0 saturated carbocycles. The maximum absolute atomic E-state index is 13.6. The number of hydrogen-bond acceptors (Lipinski definition) is 8. The zero-order valence-electron chi connectivity index (χ0n) is 25.1. The first-order chi connectivity index (χ1) is 18.6. The van der Waals surface area contributed by atoms with Crippen LogP contribution in [0.5, 0.6) is 0 Å². The summed E-state index contributed by atoms with van der Waals surface area (Å²) < 4.78 is 44.2. The van der Waals surface area contributed by atoms with E-state index in [9.17, 15) is 27.8 Å². The number of unbranched alkanes of at least 4 members (excludes halogenated alkanes) is 1. The van der Waals surface area contributed by atoms with E-state index >= 15 is 0 Å². The smallest absolute Gasteiger partial charge is 0.312 e. The third kappa shape index (κ3) is 13.7. The highest BCUT2D eigenvalue weighted by molar-refractivity contribution is 7.85. The number of likely N-dealkylation sites (N-methyl/N-ethyl adjacent to an activating group) is 1. The molecule has 0 fully saturated rings. The van der Waals surface area contributed by atoms with Crippen molar-refractivity contribution in [2.24, 2.45) is 17.3 Å². The van der Waals surface area contributed by atoms with E-state index in [1.54, 1.807) is 6.92 Å². The van der Waals surface area contributed by atoms with Crippen molar-refractivity contribution in [3.8, 4) is 6.07 Å². The lowest BCUT2D eigenvalue weighted by atomic mass is 9.72. The summed E-state index contributed by atoms with van der Waals surface area (Å²) in [5.74, 6) is -2.16. The molecule has 0 heterocycles. The van der Waals surface area contributed by atoms with E-state index in [2.05, 4.69) is 6.07 Å². The number of quaternary nitrogens is 1. The van der Waals surface area contributed by atoms with Gasteiger partial charge in [-0.25, -0.2) is 8.42 Å². The third-order valence-corrected chi connectivity index (χ3v) is 8.16. The molecular weight excluding hydrogens is 532 g/mol. The molecule has 0 N–H and O–H groups in total. The molecule has 4 unspecified atom stereocenters. The minimum absolute atomic E-state index is 0.0239. The molecule has 0 aliphatic carbocycles. The lowest BCUT2D eigenvalue weighted by Crippen LogP contribution is -2.44. The molecule has 0 aliphatic heterocycles. The molecule has 1 aromatic rings. The Balaban J connectivity index is 2.96. The molecule has 0 radical (unpaired) electrons. The molecular formula is C30H48N2O7S. The van der Waals surface area contributed by atoms with Gasteiger partial charge < -0.3 is 18.5 Å². The summed E-state index contributed by atoms with van der Waals surface area (Å²) in [4.78, 5) is 26.0. The summed E-state index contributed by atoms with van der Waals surface area (Å²) in [5.41, 5.74) is 0.101. The minimum Gasteiger partial charge on any atom is -0.748 e. The Kier molecular flexibility index (Phi) is 14.8. The fourth-order valence-corrected chi connectivity index (χ4v) is 5.36. The molecule has 0 bridgehead atoms. The Morgan fingerprint density at radius 1 is 1.05 bits per heavy atom. The Bertz CT molecular complexity index is 1070. The van der Waals surface area contributed by atoms with Gasteiger partial charge in [-0.3, -0.25) is 9.59 Å². The van der Waals surface area contributed by atoms with Crippen molar-refractivity contribution >= 4 is 22.1 Å². The molecule has 0 saturated heterocycles. The number of ether oxygens (including phenoxy) is 2. The van der Waals surface area contributed by atoms with Gasteiger partial charge in [0.1, 0.15) is 13.2 Å². The number of benzene rings is 1. The normalized spacial score (nSPS) is 15.8. The summed E-state index contributed by atoms with van der Waals surface area (Å²) >= 11 is 0. The van der Waals surface area contributed by atoms with E-state index < -0.39 is 39.1 Å². The van der Waals surface area contributed by atoms with Gasteiger partial charge >= 0.3 is 11.9 Å². The van der Waals surface area contributed by atoms with E-state index in [0.717, 1.165) is 18.4 Å². The predicted octanol–water partition coefficient (Wildman–Crippen LogP) is 4.64. The zero-order chi connectivity index (χ0) is 30.4. The molecule has 9 nitrogen and oxygen atoms in total. The Morgan fingerprint density at radius 2 is 1.70 bits per heavy atom. The second kappa shape index (κ2) is 16.7. The van der Waals surface area contributed by atoms with Gasteiger partial charge in [0.05, 0.1) is 54.8 Å². The van der Waals surface area contributed by atoms with Crippen LogP contribution in [-0.2, 0) is 29.2 Å². The van der Waals surface area contributed by atoms with Crippen molar-refractivity contribution < 1.29 is 36.5 Å². The standard InChI is InChI=1S/C30H48N2O7S/c1-7-8-17-38-28(33)24(2)20-26(23-31)22-30(4,21-25(3)27-13-10-9-11-14-27)29(34)39-18-16-32(5,6)15-12-19-40(35,36)37/h9-11,13-14,24-26H,7-8,12,15-22H2,1-6H3. The lowest BCUT2D eigenvalue weighted by Gasteiger charge is -2.34. The number of esters is 2. The first kappa shape index (κ1) is 35.5. The highest BCUT2D eigenvalue weighted by Crippen LogP contribution is 2.39. The zero-order valence-corrected chi connectivity index (χ0v) is 25.9. The van der Waals surface area contributed by atoms with Crippen molar-refractivity contribution in [1.29, 1.82) is 5.26 Å². The lowest BCUT2D eigenvalue weighted by molar-refractivity contribution is -0.890.